The van der Waals surface area contributed by atoms with Crippen molar-refractivity contribution in [3.05, 3.63) is 45.9 Å². The van der Waals surface area contributed by atoms with Gasteiger partial charge in [-0.3, -0.25) is 9.59 Å². The molecule has 1 aromatic carbocycles. The van der Waals surface area contributed by atoms with Gasteiger partial charge in [0.25, 0.3) is 0 Å². The molecule has 2 aliphatic rings. The van der Waals surface area contributed by atoms with E-state index in [0.717, 1.165) is 30.2 Å². The summed E-state index contributed by atoms with van der Waals surface area (Å²) in [5.41, 5.74) is 0.820. The van der Waals surface area contributed by atoms with Crippen LogP contribution in [-0.2, 0) is 11.2 Å². The van der Waals surface area contributed by atoms with Gasteiger partial charge in [-0.2, -0.15) is 0 Å². The second kappa shape index (κ2) is 10.2. The molecule has 0 saturated heterocycles. The number of aromatic nitrogens is 3. The van der Waals surface area contributed by atoms with Crippen LogP contribution in [-0.4, -0.2) is 39.0 Å². The summed E-state index contributed by atoms with van der Waals surface area (Å²) >= 11 is 3.10. The van der Waals surface area contributed by atoms with Gasteiger partial charge in [-0.05, 0) is 37.3 Å². The molecular weight excluding hydrogens is 472 g/mol. The lowest BCUT2D eigenvalue weighted by Crippen LogP contribution is -2.19. The van der Waals surface area contributed by atoms with Gasteiger partial charge >= 0.3 is 0 Å². The molecule has 1 aliphatic carbocycles. The molecule has 0 spiro atoms. The summed E-state index contributed by atoms with van der Waals surface area (Å²) in [5.74, 6) is 1.77. The standard InChI is InChI=1S/C24H26N4O4S2/c1-15(29)18-11-20-21(32-14-31-20)12-19(18)25-23(30)13-34-24-27-26-22(10-17-8-5-9-33-17)28(24)16-6-3-2-4-7-16/h5,8-9,11-12,16H,2-4,6-7,10,13-14H2,1H3,(H,25,30). The van der Waals surface area contributed by atoms with E-state index in [0.29, 0.717) is 28.8 Å². The van der Waals surface area contributed by atoms with Gasteiger partial charge in [-0.1, -0.05) is 37.1 Å². The molecule has 1 saturated carbocycles. The van der Waals surface area contributed by atoms with Crippen LogP contribution in [0.3, 0.4) is 0 Å². The number of Topliss-reactive ketones (excluding diaryl/α,β-unsaturated/α-hetero) is 1. The number of carbonyl (C=O) groups excluding carboxylic acids is 2. The Hall–Kier alpha value is -2.85. The molecule has 3 heterocycles. The van der Waals surface area contributed by atoms with Crippen molar-refractivity contribution in [2.45, 2.75) is 56.6 Å². The van der Waals surface area contributed by atoms with Crippen molar-refractivity contribution >= 4 is 40.5 Å². The van der Waals surface area contributed by atoms with Crippen LogP contribution in [0, 0.1) is 0 Å². The minimum Gasteiger partial charge on any atom is -0.454 e. The van der Waals surface area contributed by atoms with Gasteiger partial charge in [-0.25, -0.2) is 0 Å². The highest BCUT2D eigenvalue weighted by molar-refractivity contribution is 7.99. The lowest BCUT2D eigenvalue weighted by molar-refractivity contribution is -0.113. The molecule has 1 N–H and O–H groups in total. The molecule has 0 bridgehead atoms. The highest BCUT2D eigenvalue weighted by atomic mass is 32.2. The molecule has 5 rings (SSSR count). The van der Waals surface area contributed by atoms with Crippen LogP contribution < -0.4 is 14.8 Å². The molecule has 2 aromatic heterocycles. The second-order valence-corrected chi connectivity index (χ2v) is 10.4. The van der Waals surface area contributed by atoms with E-state index in [-0.39, 0.29) is 24.2 Å². The highest BCUT2D eigenvalue weighted by Crippen LogP contribution is 2.38. The minimum absolute atomic E-state index is 0.102. The zero-order chi connectivity index (χ0) is 23.5. The van der Waals surface area contributed by atoms with Crippen molar-refractivity contribution in [1.82, 2.24) is 14.8 Å². The third kappa shape index (κ3) is 4.97. The summed E-state index contributed by atoms with van der Waals surface area (Å²) in [6, 6.07) is 7.78. The van der Waals surface area contributed by atoms with Gasteiger partial charge < -0.3 is 19.4 Å². The molecule has 178 valence electrons. The molecule has 0 unspecified atom stereocenters. The first-order valence-corrected chi connectivity index (χ1v) is 13.3. The van der Waals surface area contributed by atoms with E-state index in [4.69, 9.17) is 9.47 Å². The van der Waals surface area contributed by atoms with Gasteiger partial charge in [0.05, 0.1) is 11.4 Å². The molecule has 34 heavy (non-hydrogen) atoms. The maximum Gasteiger partial charge on any atom is 0.234 e. The molecule has 0 atom stereocenters. The minimum atomic E-state index is -0.218. The van der Waals surface area contributed by atoms with E-state index < -0.39 is 0 Å². The molecule has 0 radical (unpaired) electrons. The van der Waals surface area contributed by atoms with Gasteiger partial charge in [0.15, 0.2) is 22.4 Å². The number of benzene rings is 1. The van der Waals surface area contributed by atoms with Crippen LogP contribution in [0.2, 0.25) is 0 Å². The van der Waals surface area contributed by atoms with Crippen molar-refractivity contribution in [3.63, 3.8) is 0 Å². The second-order valence-electron chi connectivity index (χ2n) is 8.46. The number of hydrogen-bond acceptors (Lipinski definition) is 8. The topological polar surface area (TPSA) is 95.3 Å². The molecule has 8 nitrogen and oxygen atoms in total. The SMILES string of the molecule is CC(=O)c1cc2c(cc1NC(=O)CSc1nnc(Cc3cccs3)n1C1CCCCC1)OCO2. The van der Waals surface area contributed by atoms with Crippen molar-refractivity contribution in [3.8, 4) is 11.5 Å². The van der Waals surface area contributed by atoms with Crippen LogP contribution in [0.4, 0.5) is 5.69 Å². The first-order chi connectivity index (χ1) is 16.6. The van der Waals surface area contributed by atoms with Crippen LogP contribution in [0.1, 0.15) is 66.1 Å². The van der Waals surface area contributed by atoms with E-state index in [2.05, 4.69) is 31.5 Å². The summed E-state index contributed by atoms with van der Waals surface area (Å²) < 4.78 is 13.0. The number of hydrogen-bond donors (Lipinski definition) is 1. The number of carbonyl (C=O) groups is 2. The number of thiophene rings is 1. The van der Waals surface area contributed by atoms with Gasteiger partial charge in [0.2, 0.25) is 12.7 Å². The fourth-order valence-corrected chi connectivity index (χ4v) is 5.98. The zero-order valence-corrected chi connectivity index (χ0v) is 20.5. The van der Waals surface area contributed by atoms with Crippen molar-refractivity contribution in [1.29, 1.82) is 0 Å². The largest absolute Gasteiger partial charge is 0.454 e. The first-order valence-electron chi connectivity index (χ1n) is 11.4. The van der Waals surface area contributed by atoms with Crippen LogP contribution in [0.25, 0.3) is 0 Å². The Morgan fingerprint density at radius 3 is 2.71 bits per heavy atom. The Bertz CT molecular complexity index is 1190. The summed E-state index contributed by atoms with van der Waals surface area (Å²) in [4.78, 5) is 26.2. The van der Waals surface area contributed by atoms with Crippen LogP contribution >= 0.6 is 23.1 Å². The van der Waals surface area contributed by atoms with Gasteiger partial charge in [0.1, 0.15) is 5.82 Å². The summed E-state index contributed by atoms with van der Waals surface area (Å²) in [7, 11) is 0. The maximum absolute atomic E-state index is 12.8. The van der Waals surface area contributed by atoms with Crippen LogP contribution in [0.15, 0.2) is 34.8 Å². The third-order valence-corrected chi connectivity index (χ3v) is 7.91. The number of fused-ring (bicyclic) bond motifs is 1. The normalized spacial score (nSPS) is 15.4. The molecule has 1 amide bonds. The fourth-order valence-electron chi connectivity index (χ4n) is 4.45. The number of ether oxygens (including phenoxy) is 2. The number of rotatable bonds is 8. The molecule has 1 fully saturated rings. The van der Waals surface area contributed by atoms with Crippen molar-refractivity contribution < 1.29 is 19.1 Å². The Morgan fingerprint density at radius 1 is 1.18 bits per heavy atom. The van der Waals surface area contributed by atoms with E-state index in [1.807, 2.05) is 6.07 Å². The average molecular weight is 499 g/mol. The van der Waals surface area contributed by atoms with Gasteiger partial charge in [-0.15, -0.1) is 21.5 Å². The Morgan fingerprint density at radius 2 is 1.97 bits per heavy atom. The zero-order valence-electron chi connectivity index (χ0n) is 18.9. The maximum atomic E-state index is 12.8. The Kier molecular flexibility index (Phi) is 6.87. The Balaban J connectivity index is 1.31. The fraction of sp³-hybridized carbons (Fsp3) is 0.417. The number of amides is 1. The predicted molar refractivity (Wildman–Crippen MR) is 131 cm³/mol. The summed E-state index contributed by atoms with van der Waals surface area (Å²) in [5, 5.41) is 14.7. The molecule has 1 aliphatic heterocycles. The lowest BCUT2D eigenvalue weighted by atomic mass is 9.95. The smallest absolute Gasteiger partial charge is 0.234 e. The molecular formula is C24H26N4O4S2. The van der Waals surface area contributed by atoms with E-state index >= 15 is 0 Å². The summed E-state index contributed by atoms with van der Waals surface area (Å²) in [6.45, 7) is 1.56. The van der Waals surface area contributed by atoms with E-state index in [1.54, 1.807) is 23.5 Å². The number of anilines is 1. The summed E-state index contributed by atoms with van der Waals surface area (Å²) in [6.07, 6.45) is 6.61. The average Bonchev–Trinajstić information content (AvgIpc) is 3.59. The van der Waals surface area contributed by atoms with Crippen molar-refractivity contribution in [2.24, 2.45) is 0 Å². The third-order valence-electron chi connectivity index (χ3n) is 6.09. The quantitative estimate of drug-likeness (QED) is 0.341. The highest BCUT2D eigenvalue weighted by Gasteiger charge is 2.25. The Labute approximate surface area is 206 Å². The number of nitrogens with one attached hydrogen (secondary N) is 1. The van der Waals surface area contributed by atoms with Gasteiger partial charge in [0, 0.05) is 29.0 Å². The number of ketones is 1. The van der Waals surface area contributed by atoms with E-state index in [1.165, 1.54) is 42.8 Å². The lowest BCUT2D eigenvalue weighted by Gasteiger charge is -2.25. The monoisotopic (exact) mass is 498 g/mol. The van der Waals surface area contributed by atoms with Crippen LogP contribution in [0.5, 0.6) is 11.5 Å². The first kappa shape index (κ1) is 22.9. The molecule has 3 aromatic rings. The number of nitrogens with zero attached hydrogens (tertiary/aromatic N) is 3. The molecule has 10 heteroatoms. The predicted octanol–water partition coefficient (Wildman–Crippen LogP) is 5.10. The van der Waals surface area contributed by atoms with E-state index in [9.17, 15) is 9.59 Å². The van der Waals surface area contributed by atoms with Crippen molar-refractivity contribution in [2.75, 3.05) is 17.9 Å². The number of thioether (sulfide) groups is 1.